The van der Waals surface area contributed by atoms with Crippen LogP contribution in [0.1, 0.15) is 49.3 Å². The molecule has 2 aromatic carbocycles. The van der Waals surface area contributed by atoms with E-state index in [-0.39, 0.29) is 22.9 Å². The predicted molar refractivity (Wildman–Crippen MR) is 101 cm³/mol. The van der Waals surface area contributed by atoms with E-state index in [9.17, 15) is 15.0 Å². The normalized spacial score (nSPS) is 30.5. The van der Waals surface area contributed by atoms with Crippen molar-refractivity contribution in [1.29, 1.82) is 0 Å². The van der Waals surface area contributed by atoms with Crippen molar-refractivity contribution in [3.05, 3.63) is 65.2 Å². The minimum atomic E-state index is -1.26. The third-order valence-electron chi connectivity index (χ3n) is 6.72. The number of benzene rings is 2. The molecule has 2 N–H and O–H groups in total. The van der Waals surface area contributed by atoms with E-state index in [1.165, 1.54) is 5.56 Å². The number of aliphatic hydroxyl groups is 1. The van der Waals surface area contributed by atoms with Crippen LogP contribution < -0.4 is 0 Å². The van der Waals surface area contributed by atoms with Crippen LogP contribution in [0, 0.1) is 5.92 Å². The highest BCUT2D eigenvalue weighted by Gasteiger charge is 2.54. The van der Waals surface area contributed by atoms with E-state index in [1.807, 2.05) is 42.5 Å². The van der Waals surface area contributed by atoms with Crippen molar-refractivity contribution >= 4 is 5.78 Å². The molecule has 1 fully saturated rings. The molecule has 3 atom stereocenters. The number of rotatable bonds is 3. The predicted octanol–water partition coefficient (Wildman–Crippen LogP) is 3.94. The van der Waals surface area contributed by atoms with Gasteiger partial charge in [0.15, 0.2) is 5.78 Å². The molecule has 2 aliphatic carbocycles. The summed E-state index contributed by atoms with van der Waals surface area (Å²) in [5, 5.41) is 21.1. The number of phenols is 1. The Bertz CT molecular complexity index is 829. The highest BCUT2D eigenvalue weighted by Crippen LogP contribution is 2.54. The second-order valence-corrected chi connectivity index (χ2v) is 8.08. The zero-order valence-corrected chi connectivity index (χ0v) is 15.2. The molecule has 1 unspecified atom stereocenters. The van der Waals surface area contributed by atoms with Crippen molar-refractivity contribution in [3.63, 3.8) is 0 Å². The van der Waals surface area contributed by atoms with Crippen LogP contribution in [0.4, 0.5) is 0 Å². The van der Waals surface area contributed by atoms with Gasteiger partial charge in [-0.3, -0.25) is 4.79 Å². The summed E-state index contributed by atoms with van der Waals surface area (Å²) in [5.41, 5.74) is 1.89. The van der Waals surface area contributed by atoms with Gasteiger partial charge in [-0.05, 0) is 60.4 Å². The number of carbonyl (C=O) groups excluding carboxylic acids is 1. The van der Waals surface area contributed by atoms with Gasteiger partial charge in [-0.2, -0.15) is 0 Å². The van der Waals surface area contributed by atoms with Gasteiger partial charge in [0.1, 0.15) is 11.4 Å². The van der Waals surface area contributed by atoms with Crippen molar-refractivity contribution in [2.75, 3.05) is 0 Å². The van der Waals surface area contributed by atoms with Gasteiger partial charge in [-0.15, -0.1) is 0 Å². The topological polar surface area (TPSA) is 57.5 Å². The molecule has 0 aromatic heterocycles. The fourth-order valence-electron chi connectivity index (χ4n) is 5.32. The molecule has 0 saturated heterocycles. The van der Waals surface area contributed by atoms with Crippen LogP contribution in [-0.4, -0.2) is 21.6 Å². The van der Waals surface area contributed by atoms with Gasteiger partial charge in [-0.25, -0.2) is 0 Å². The van der Waals surface area contributed by atoms with Crippen LogP contribution in [0.2, 0.25) is 0 Å². The maximum absolute atomic E-state index is 13.1. The van der Waals surface area contributed by atoms with Gasteiger partial charge >= 0.3 is 0 Å². The molecule has 136 valence electrons. The molecular formula is C23H26O3. The lowest BCUT2D eigenvalue weighted by Gasteiger charge is -2.52. The Kier molecular flexibility index (Phi) is 4.15. The van der Waals surface area contributed by atoms with E-state index in [4.69, 9.17) is 0 Å². The van der Waals surface area contributed by atoms with E-state index >= 15 is 0 Å². The highest BCUT2D eigenvalue weighted by molar-refractivity contribution is 5.90. The summed E-state index contributed by atoms with van der Waals surface area (Å²) in [6.45, 7) is 2.14. The maximum Gasteiger partial charge on any atom is 0.165 e. The van der Waals surface area contributed by atoms with E-state index < -0.39 is 5.60 Å². The Morgan fingerprint density at radius 2 is 1.92 bits per heavy atom. The number of hydrogen-bond acceptors (Lipinski definition) is 3. The Labute approximate surface area is 154 Å². The quantitative estimate of drug-likeness (QED) is 0.881. The van der Waals surface area contributed by atoms with Crippen LogP contribution in [0.25, 0.3) is 0 Å². The van der Waals surface area contributed by atoms with Gasteiger partial charge in [-0.1, -0.05) is 43.3 Å². The zero-order valence-electron chi connectivity index (χ0n) is 15.2. The summed E-state index contributed by atoms with van der Waals surface area (Å²) in [5.74, 6) is 0.535. The molecule has 0 radical (unpaired) electrons. The third kappa shape index (κ3) is 2.66. The molecule has 3 heteroatoms. The van der Waals surface area contributed by atoms with Gasteiger partial charge in [0, 0.05) is 18.3 Å². The first-order valence-corrected chi connectivity index (χ1v) is 9.59. The summed E-state index contributed by atoms with van der Waals surface area (Å²) in [4.78, 5) is 13.1. The van der Waals surface area contributed by atoms with Gasteiger partial charge in [0.2, 0.25) is 0 Å². The number of ketones is 1. The molecule has 2 aliphatic rings. The van der Waals surface area contributed by atoms with Crippen LogP contribution in [0.5, 0.6) is 5.75 Å². The molecule has 3 nitrogen and oxygen atoms in total. The lowest BCUT2D eigenvalue weighted by Crippen LogP contribution is -2.56. The molecule has 0 aliphatic heterocycles. The minimum Gasteiger partial charge on any atom is -0.508 e. The zero-order chi connectivity index (χ0) is 18.4. The Morgan fingerprint density at radius 1 is 1.15 bits per heavy atom. The fourth-order valence-corrected chi connectivity index (χ4v) is 5.32. The Balaban J connectivity index is 1.69. The molecule has 2 aromatic rings. The number of carbonyl (C=O) groups is 1. The summed E-state index contributed by atoms with van der Waals surface area (Å²) in [6, 6.07) is 15.4. The molecule has 26 heavy (non-hydrogen) atoms. The smallest absolute Gasteiger partial charge is 0.165 e. The van der Waals surface area contributed by atoms with Crippen LogP contribution in [-0.2, 0) is 23.1 Å². The first-order valence-electron chi connectivity index (χ1n) is 9.59. The number of Topliss-reactive ketones (excluding diaryl/α,β-unsaturated/α-hetero) is 1. The molecule has 0 heterocycles. The summed E-state index contributed by atoms with van der Waals surface area (Å²) in [7, 11) is 0. The van der Waals surface area contributed by atoms with Crippen molar-refractivity contribution < 1.29 is 15.0 Å². The van der Waals surface area contributed by atoms with Gasteiger partial charge in [0.25, 0.3) is 0 Å². The largest absolute Gasteiger partial charge is 0.508 e. The van der Waals surface area contributed by atoms with Gasteiger partial charge in [0.05, 0.1) is 0 Å². The lowest BCUT2D eigenvalue weighted by molar-refractivity contribution is -0.148. The average Bonchev–Trinajstić information content (AvgIpc) is 2.63. The van der Waals surface area contributed by atoms with Gasteiger partial charge < -0.3 is 10.2 Å². The molecule has 0 spiro atoms. The standard InChI is InChI=1S/C23H26O3/c1-2-22-15-21(25)23(26,13-16-6-4-3-5-7-16)14-18(22)9-8-17-12-19(24)10-11-20(17)22/h3-7,10-12,18,24,26H,2,8-9,13-15H2,1H3/t18?,22-,23+/m1/s1. The molecular weight excluding hydrogens is 324 g/mol. The third-order valence-corrected chi connectivity index (χ3v) is 6.72. The average molecular weight is 350 g/mol. The highest BCUT2D eigenvalue weighted by atomic mass is 16.3. The summed E-state index contributed by atoms with van der Waals surface area (Å²) >= 11 is 0. The summed E-state index contributed by atoms with van der Waals surface area (Å²) < 4.78 is 0. The van der Waals surface area contributed by atoms with Crippen molar-refractivity contribution in [2.45, 2.75) is 56.5 Å². The fraction of sp³-hybridized carbons (Fsp3) is 0.435. The van der Waals surface area contributed by atoms with Crippen molar-refractivity contribution in [3.8, 4) is 5.75 Å². The van der Waals surface area contributed by atoms with E-state index in [1.54, 1.807) is 6.07 Å². The molecule has 0 amide bonds. The second kappa shape index (κ2) is 6.24. The SMILES string of the molecule is CC[C@@]12CC(=O)[C@](O)(Cc3ccccc3)CC1CCc1cc(O)ccc12. The van der Waals surface area contributed by atoms with E-state index in [0.29, 0.717) is 19.3 Å². The first-order chi connectivity index (χ1) is 12.5. The monoisotopic (exact) mass is 350 g/mol. The summed E-state index contributed by atoms with van der Waals surface area (Å²) in [6.07, 6.45) is 4.03. The lowest BCUT2D eigenvalue weighted by atomic mass is 9.52. The maximum atomic E-state index is 13.1. The number of fused-ring (bicyclic) bond motifs is 3. The van der Waals surface area contributed by atoms with Crippen molar-refractivity contribution in [2.24, 2.45) is 5.92 Å². The van der Waals surface area contributed by atoms with Crippen LogP contribution >= 0.6 is 0 Å². The Hall–Kier alpha value is -2.13. The number of hydrogen-bond donors (Lipinski definition) is 2. The van der Waals surface area contributed by atoms with E-state index in [2.05, 4.69) is 6.92 Å². The Morgan fingerprint density at radius 3 is 2.65 bits per heavy atom. The number of aryl methyl sites for hydroxylation is 1. The van der Waals surface area contributed by atoms with E-state index in [0.717, 1.165) is 30.4 Å². The minimum absolute atomic E-state index is 0.0413. The van der Waals surface area contributed by atoms with Crippen molar-refractivity contribution in [1.82, 2.24) is 0 Å². The second-order valence-electron chi connectivity index (χ2n) is 8.08. The first kappa shape index (κ1) is 17.3. The number of phenolic OH excluding ortho intramolecular Hbond substituents is 1. The van der Waals surface area contributed by atoms with Crippen LogP contribution in [0.15, 0.2) is 48.5 Å². The number of aromatic hydroxyl groups is 1. The van der Waals surface area contributed by atoms with Crippen LogP contribution in [0.3, 0.4) is 0 Å². The molecule has 4 rings (SSSR count). The molecule has 0 bridgehead atoms. The molecule has 1 saturated carbocycles.